The SMILES string of the molecule is CCN1C(SCc2ccc(F)cc2)=NS(=O)(=O)c2ccccc21. The lowest BCUT2D eigenvalue weighted by Gasteiger charge is -2.29. The summed E-state index contributed by atoms with van der Waals surface area (Å²) in [6, 6.07) is 13.0. The van der Waals surface area contributed by atoms with E-state index in [2.05, 4.69) is 4.40 Å². The number of sulfonamides is 1. The molecule has 0 aliphatic carbocycles. The second-order valence-corrected chi connectivity index (χ2v) is 7.49. The molecular weight excluding hydrogens is 335 g/mol. The highest BCUT2D eigenvalue weighted by atomic mass is 32.2. The molecule has 120 valence electrons. The third-order valence-electron chi connectivity index (χ3n) is 3.46. The number of amidine groups is 1. The van der Waals surface area contributed by atoms with Gasteiger partial charge in [0.2, 0.25) is 0 Å². The Morgan fingerprint density at radius 2 is 1.83 bits per heavy atom. The minimum atomic E-state index is -3.68. The monoisotopic (exact) mass is 350 g/mol. The predicted octanol–water partition coefficient (Wildman–Crippen LogP) is 3.64. The number of rotatable bonds is 3. The third-order valence-corrected chi connectivity index (χ3v) is 5.94. The van der Waals surface area contributed by atoms with Crippen LogP contribution in [0.1, 0.15) is 12.5 Å². The lowest BCUT2D eigenvalue weighted by Crippen LogP contribution is -2.33. The number of anilines is 1. The van der Waals surface area contributed by atoms with E-state index in [0.717, 1.165) is 5.56 Å². The van der Waals surface area contributed by atoms with Gasteiger partial charge in [-0.15, -0.1) is 4.40 Å². The van der Waals surface area contributed by atoms with Gasteiger partial charge in [-0.3, -0.25) is 0 Å². The van der Waals surface area contributed by atoms with Crippen molar-refractivity contribution in [2.24, 2.45) is 4.40 Å². The molecule has 23 heavy (non-hydrogen) atoms. The minimum Gasteiger partial charge on any atom is -0.319 e. The molecule has 0 saturated heterocycles. The lowest BCUT2D eigenvalue weighted by molar-refractivity contribution is 0.597. The number of halogens is 1. The zero-order valence-electron chi connectivity index (χ0n) is 12.4. The number of hydrogen-bond donors (Lipinski definition) is 0. The molecule has 1 heterocycles. The van der Waals surface area contributed by atoms with E-state index >= 15 is 0 Å². The van der Waals surface area contributed by atoms with Crippen LogP contribution in [0.4, 0.5) is 10.1 Å². The number of benzene rings is 2. The molecule has 4 nitrogen and oxygen atoms in total. The molecule has 0 aromatic heterocycles. The Balaban J connectivity index is 1.89. The average Bonchev–Trinajstić information content (AvgIpc) is 2.54. The number of nitrogens with zero attached hydrogens (tertiary/aromatic N) is 2. The molecule has 1 aliphatic rings. The summed E-state index contributed by atoms with van der Waals surface area (Å²) in [6.45, 7) is 2.56. The molecule has 0 unspecified atom stereocenters. The first-order chi connectivity index (χ1) is 11.0. The van der Waals surface area contributed by atoms with Crippen LogP contribution in [0.3, 0.4) is 0 Å². The van der Waals surface area contributed by atoms with Gasteiger partial charge in [-0.1, -0.05) is 36.0 Å². The quantitative estimate of drug-likeness (QED) is 0.848. The number of hydrogen-bond acceptors (Lipinski definition) is 4. The molecule has 0 saturated carbocycles. The fraction of sp³-hybridized carbons (Fsp3) is 0.188. The van der Waals surface area contributed by atoms with Gasteiger partial charge in [0.05, 0.1) is 5.69 Å². The maximum absolute atomic E-state index is 12.9. The van der Waals surface area contributed by atoms with Crippen LogP contribution in [0.2, 0.25) is 0 Å². The van der Waals surface area contributed by atoms with E-state index in [4.69, 9.17) is 0 Å². The van der Waals surface area contributed by atoms with Gasteiger partial charge in [0, 0.05) is 12.3 Å². The second-order valence-electron chi connectivity index (χ2n) is 4.98. The largest absolute Gasteiger partial charge is 0.319 e. The van der Waals surface area contributed by atoms with Crippen LogP contribution in [-0.2, 0) is 15.8 Å². The molecular formula is C16H15FN2O2S2. The van der Waals surface area contributed by atoms with E-state index in [1.165, 1.54) is 23.9 Å². The summed E-state index contributed by atoms with van der Waals surface area (Å²) in [5.74, 6) is 0.230. The molecule has 0 N–H and O–H groups in total. The fourth-order valence-corrected chi connectivity index (χ4v) is 4.81. The van der Waals surface area contributed by atoms with Gasteiger partial charge in [0.1, 0.15) is 10.7 Å². The Hall–Kier alpha value is -1.86. The van der Waals surface area contributed by atoms with E-state index in [9.17, 15) is 12.8 Å². The molecule has 0 radical (unpaired) electrons. The van der Waals surface area contributed by atoms with E-state index in [1.54, 1.807) is 30.3 Å². The normalized spacial score (nSPS) is 15.9. The summed E-state index contributed by atoms with van der Waals surface area (Å²) in [4.78, 5) is 2.11. The van der Waals surface area contributed by atoms with Gasteiger partial charge in [0.25, 0.3) is 10.0 Å². The fourth-order valence-electron chi connectivity index (χ4n) is 2.34. The van der Waals surface area contributed by atoms with Crippen LogP contribution in [-0.4, -0.2) is 20.1 Å². The average molecular weight is 350 g/mol. The Bertz CT molecular complexity index is 849. The number of thioether (sulfide) groups is 1. The standard InChI is InChI=1S/C16H15FN2O2S2/c1-2-19-14-5-3-4-6-15(14)23(20,21)18-16(19)22-11-12-7-9-13(17)10-8-12/h3-10H,2,11H2,1H3. The van der Waals surface area contributed by atoms with Crippen LogP contribution in [0.15, 0.2) is 57.8 Å². The summed E-state index contributed by atoms with van der Waals surface area (Å²) in [6.07, 6.45) is 0. The first-order valence-electron chi connectivity index (χ1n) is 7.10. The van der Waals surface area contributed by atoms with Crippen molar-refractivity contribution in [2.45, 2.75) is 17.6 Å². The zero-order chi connectivity index (χ0) is 16.4. The van der Waals surface area contributed by atoms with E-state index in [0.29, 0.717) is 23.2 Å². The van der Waals surface area contributed by atoms with Crippen LogP contribution < -0.4 is 4.90 Å². The van der Waals surface area contributed by atoms with Crippen molar-refractivity contribution >= 4 is 32.6 Å². The highest BCUT2D eigenvalue weighted by molar-refractivity contribution is 8.14. The highest BCUT2D eigenvalue weighted by Crippen LogP contribution is 2.34. The van der Waals surface area contributed by atoms with Crippen molar-refractivity contribution < 1.29 is 12.8 Å². The first kappa shape index (κ1) is 16.0. The van der Waals surface area contributed by atoms with Crippen LogP contribution >= 0.6 is 11.8 Å². The van der Waals surface area contributed by atoms with Gasteiger partial charge in [-0.2, -0.15) is 8.42 Å². The van der Waals surface area contributed by atoms with Gasteiger partial charge in [-0.25, -0.2) is 4.39 Å². The Kier molecular flexibility index (Phi) is 4.41. The van der Waals surface area contributed by atoms with E-state index < -0.39 is 10.0 Å². The Morgan fingerprint density at radius 3 is 2.52 bits per heavy atom. The molecule has 2 aromatic carbocycles. The van der Waals surface area contributed by atoms with Gasteiger partial charge >= 0.3 is 0 Å². The van der Waals surface area contributed by atoms with Crippen molar-refractivity contribution in [3.8, 4) is 0 Å². The lowest BCUT2D eigenvalue weighted by atomic mass is 10.2. The van der Waals surface area contributed by atoms with Crippen molar-refractivity contribution in [3.05, 3.63) is 59.9 Å². The molecule has 2 aromatic rings. The van der Waals surface area contributed by atoms with E-state index in [1.807, 2.05) is 17.9 Å². The van der Waals surface area contributed by atoms with Gasteiger partial charge in [-0.05, 0) is 36.8 Å². The molecule has 0 spiro atoms. The summed E-state index contributed by atoms with van der Waals surface area (Å²) >= 11 is 1.33. The molecule has 0 fully saturated rings. The van der Waals surface area contributed by atoms with Gasteiger partial charge in [0.15, 0.2) is 5.17 Å². The highest BCUT2D eigenvalue weighted by Gasteiger charge is 2.29. The zero-order valence-corrected chi connectivity index (χ0v) is 14.1. The minimum absolute atomic E-state index is 0.230. The van der Waals surface area contributed by atoms with Crippen LogP contribution in [0, 0.1) is 5.82 Å². The summed E-state index contributed by atoms with van der Waals surface area (Å²) in [5.41, 5.74) is 1.55. The molecule has 1 aliphatic heterocycles. The predicted molar refractivity (Wildman–Crippen MR) is 91.8 cm³/mol. The maximum atomic E-state index is 12.9. The van der Waals surface area contributed by atoms with Crippen LogP contribution in [0.25, 0.3) is 0 Å². The van der Waals surface area contributed by atoms with E-state index in [-0.39, 0.29) is 10.7 Å². The van der Waals surface area contributed by atoms with Crippen molar-refractivity contribution in [3.63, 3.8) is 0 Å². The molecule has 0 atom stereocenters. The van der Waals surface area contributed by atoms with Crippen LogP contribution in [0.5, 0.6) is 0 Å². The molecule has 0 amide bonds. The smallest absolute Gasteiger partial charge is 0.286 e. The maximum Gasteiger partial charge on any atom is 0.286 e. The third kappa shape index (κ3) is 3.25. The number of para-hydroxylation sites is 1. The molecule has 7 heteroatoms. The first-order valence-corrected chi connectivity index (χ1v) is 9.52. The van der Waals surface area contributed by atoms with Crippen molar-refractivity contribution in [1.29, 1.82) is 0 Å². The summed E-state index contributed by atoms with van der Waals surface area (Å²) in [7, 11) is -3.68. The molecule has 3 rings (SSSR count). The van der Waals surface area contributed by atoms with Crippen molar-refractivity contribution in [2.75, 3.05) is 11.4 Å². The second kappa shape index (κ2) is 6.33. The topological polar surface area (TPSA) is 49.7 Å². The van der Waals surface area contributed by atoms with Gasteiger partial charge < -0.3 is 4.90 Å². The number of fused-ring (bicyclic) bond motifs is 1. The summed E-state index contributed by atoms with van der Waals surface area (Å²) in [5, 5.41) is 0.440. The Labute approximate surface area is 139 Å². The molecule has 0 bridgehead atoms. The summed E-state index contributed by atoms with van der Waals surface area (Å²) < 4.78 is 41.5. The van der Waals surface area contributed by atoms with Crippen molar-refractivity contribution in [1.82, 2.24) is 0 Å². The Morgan fingerprint density at radius 1 is 1.13 bits per heavy atom.